The highest BCUT2D eigenvalue weighted by Gasteiger charge is 2.31. The van der Waals surface area contributed by atoms with E-state index in [-0.39, 0.29) is 18.1 Å². The number of piperidine rings is 1. The smallest absolute Gasteiger partial charge is 0.227 e. The van der Waals surface area contributed by atoms with Crippen LogP contribution in [0.5, 0.6) is 0 Å². The number of hydrogen-bond acceptors (Lipinski definition) is 4. The molecule has 1 amide bonds. The Morgan fingerprint density at radius 1 is 0.935 bits per heavy atom. The normalized spacial score (nSPS) is 20.1. The Kier molecular flexibility index (Phi) is 5.70. The van der Waals surface area contributed by atoms with Gasteiger partial charge >= 0.3 is 0 Å². The number of benzene rings is 1. The van der Waals surface area contributed by atoms with E-state index in [9.17, 15) is 9.59 Å². The molecule has 1 aromatic heterocycles. The van der Waals surface area contributed by atoms with Crippen LogP contribution in [-0.2, 0) is 22.6 Å². The van der Waals surface area contributed by atoms with Crippen molar-refractivity contribution in [2.75, 3.05) is 13.1 Å². The van der Waals surface area contributed by atoms with E-state index in [2.05, 4.69) is 14.8 Å². The van der Waals surface area contributed by atoms with Crippen molar-refractivity contribution in [2.24, 2.45) is 0 Å². The van der Waals surface area contributed by atoms with Gasteiger partial charge in [-0.3, -0.25) is 9.59 Å². The van der Waals surface area contributed by atoms with E-state index in [1.807, 2.05) is 35.2 Å². The minimum Gasteiger partial charge on any atom is -0.342 e. The molecule has 1 saturated heterocycles. The number of aryl methyl sites for hydroxylation is 1. The van der Waals surface area contributed by atoms with Crippen LogP contribution in [0.25, 0.3) is 5.57 Å². The number of allylic oxidation sites excluding steroid dienone is 1. The van der Waals surface area contributed by atoms with Gasteiger partial charge in [-0.25, -0.2) is 0 Å². The average Bonchev–Trinajstić information content (AvgIpc) is 3.29. The first kappa shape index (κ1) is 20.2. The topological polar surface area (TPSA) is 68.1 Å². The van der Waals surface area contributed by atoms with Gasteiger partial charge in [0, 0.05) is 44.0 Å². The lowest BCUT2D eigenvalue weighted by Crippen LogP contribution is -2.38. The number of ketones is 1. The number of likely N-dealkylation sites (tertiary alicyclic amines) is 1. The van der Waals surface area contributed by atoms with Gasteiger partial charge in [-0.15, -0.1) is 10.2 Å². The van der Waals surface area contributed by atoms with Crippen LogP contribution < -0.4 is 0 Å². The molecule has 31 heavy (non-hydrogen) atoms. The first-order valence-electron chi connectivity index (χ1n) is 11.7. The van der Waals surface area contributed by atoms with Crippen molar-refractivity contribution >= 4 is 17.3 Å². The van der Waals surface area contributed by atoms with E-state index in [1.165, 1.54) is 19.3 Å². The minimum atomic E-state index is 0.0807. The molecule has 5 rings (SSSR count). The standard InChI is InChI=1S/C25H30N4O2/c30-22-11-10-20(18-7-3-1-4-8-18)21(22)17-24(31)28-15-12-19(13-16-28)25-27-26-23-9-5-2-6-14-29(23)25/h1,3-4,7-8,19H,2,5-6,9-17H2. The predicted octanol–water partition coefficient (Wildman–Crippen LogP) is 3.92. The summed E-state index contributed by atoms with van der Waals surface area (Å²) >= 11 is 0. The lowest BCUT2D eigenvalue weighted by molar-refractivity contribution is -0.132. The molecule has 0 atom stereocenters. The summed E-state index contributed by atoms with van der Waals surface area (Å²) in [5.74, 6) is 2.83. The molecule has 1 aliphatic carbocycles. The molecular weight excluding hydrogens is 388 g/mol. The van der Waals surface area contributed by atoms with Crippen molar-refractivity contribution in [3.05, 3.63) is 53.1 Å². The zero-order valence-electron chi connectivity index (χ0n) is 18.1. The summed E-state index contributed by atoms with van der Waals surface area (Å²) in [6, 6.07) is 10.0. The van der Waals surface area contributed by atoms with Crippen molar-refractivity contribution in [2.45, 2.75) is 70.3 Å². The van der Waals surface area contributed by atoms with E-state index in [0.29, 0.717) is 12.3 Å². The number of rotatable bonds is 4. The summed E-state index contributed by atoms with van der Waals surface area (Å²) < 4.78 is 2.34. The largest absolute Gasteiger partial charge is 0.342 e. The molecule has 6 heteroatoms. The van der Waals surface area contributed by atoms with Gasteiger partial charge in [0.1, 0.15) is 11.6 Å². The summed E-state index contributed by atoms with van der Waals surface area (Å²) in [6.45, 7) is 2.48. The number of fused-ring (bicyclic) bond motifs is 1. The Morgan fingerprint density at radius 3 is 2.55 bits per heavy atom. The van der Waals surface area contributed by atoms with Crippen molar-refractivity contribution < 1.29 is 9.59 Å². The molecule has 0 N–H and O–H groups in total. The average molecular weight is 419 g/mol. The van der Waals surface area contributed by atoms with Crippen molar-refractivity contribution in [1.82, 2.24) is 19.7 Å². The molecule has 0 radical (unpaired) electrons. The van der Waals surface area contributed by atoms with Crippen molar-refractivity contribution in [3.8, 4) is 0 Å². The summed E-state index contributed by atoms with van der Waals surface area (Å²) in [5.41, 5.74) is 2.85. The highest BCUT2D eigenvalue weighted by Crippen LogP contribution is 2.34. The maximum atomic E-state index is 13.1. The first-order valence-corrected chi connectivity index (χ1v) is 11.7. The fourth-order valence-corrected chi connectivity index (χ4v) is 5.33. The van der Waals surface area contributed by atoms with E-state index in [0.717, 1.165) is 73.7 Å². The molecular formula is C25H30N4O2. The van der Waals surface area contributed by atoms with Gasteiger partial charge in [-0.1, -0.05) is 36.8 Å². The van der Waals surface area contributed by atoms with Crippen LogP contribution in [0.1, 0.15) is 74.5 Å². The Hall–Kier alpha value is -2.76. The summed E-state index contributed by atoms with van der Waals surface area (Å²) in [6.07, 6.45) is 8.01. The van der Waals surface area contributed by atoms with Gasteiger partial charge in [0.15, 0.2) is 5.78 Å². The van der Waals surface area contributed by atoms with Crippen LogP contribution in [0.15, 0.2) is 35.9 Å². The van der Waals surface area contributed by atoms with Gasteiger partial charge in [0.2, 0.25) is 5.91 Å². The van der Waals surface area contributed by atoms with Crippen molar-refractivity contribution in [1.29, 1.82) is 0 Å². The third-order valence-corrected chi connectivity index (χ3v) is 7.10. The molecule has 1 fully saturated rings. The van der Waals surface area contributed by atoms with Crippen LogP contribution in [0.2, 0.25) is 0 Å². The molecule has 1 aromatic carbocycles. The van der Waals surface area contributed by atoms with Crippen LogP contribution in [-0.4, -0.2) is 44.4 Å². The second-order valence-electron chi connectivity index (χ2n) is 9.01. The second kappa shape index (κ2) is 8.77. The molecule has 0 unspecified atom stereocenters. The number of aromatic nitrogens is 3. The number of amides is 1. The molecule has 2 aliphatic heterocycles. The van der Waals surface area contributed by atoms with Crippen molar-refractivity contribution in [3.63, 3.8) is 0 Å². The summed E-state index contributed by atoms with van der Waals surface area (Å²) in [7, 11) is 0. The van der Waals surface area contributed by atoms with Crippen LogP contribution >= 0.6 is 0 Å². The lowest BCUT2D eigenvalue weighted by Gasteiger charge is -2.32. The third-order valence-electron chi connectivity index (χ3n) is 7.10. The Morgan fingerprint density at radius 2 is 1.74 bits per heavy atom. The highest BCUT2D eigenvalue weighted by atomic mass is 16.2. The molecule has 2 aromatic rings. The van der Waals surface area contributed by atoms with E-state index >= 15 is 0 Å². The third kappa shape index (κ3) is 4.08. The van der Waals surface area contributed by atoms with Gasteiger partial charge in [0.25, 0.3) is 0 Å². The van der Waals surface area contributed by atoms with Gasteiger partial charge in [0.05, 0.1) is 6.42 Å². The van der Waals surface area contributed by atoms with Crippen LogP contribution in [0.3, 0.4) is 0 Å². The fraction of sp³-hybridized carbons (Fsp3) is 0.520. The molecule has 0 spiro atoms. The molecule has 3 aliphatic rings. The summed E-state index contributed by atoms with van der Waals surface area (Å²) in [5, 5.41) is 8.98. The van der Waals surface area contributed by atoms with E-state index < -0.39 is 0 Å². The molecule has 6 nitrogen and oxygen atoms in total. The molecule has 162 valence electrons. The molecule has 0 bridgehead atoms. The highest BCUT2D eigenvalue weighted by molar-refractivity contribution is 6.10. The second-order valence-corrected chi connectivity index (χ2v) is 9.01. The maximum Gasteiger partial charge on any atom is 0.227 e. The molecule has 0 saturated carbocycles. The maximum absolute atomic E-state index is 13.1. The monoisotopic (exact) mass is 418 g/mol. The van der Waals surface area contributed by atoms with Gasteiger partial charge in [-0.2, -0.15) is 0 Å². The van der Waals surface area contributed by atoms with E-state index in [4.69, 9.17) is 0 Å². The quantitative estimate of drug-likeness (QED) is 0.755. The van der Waals surface area contributed by atoms with Crippen LogP contribution in [0, 0.1) is 0 Å². The SMILES string of the molecule is O=C1CCC(c2ccccc2)=C1CC(=O)N1CCC(c2nnc3n2CCCCC3)CC1. The fourth-order valence-electron chi connectivity index (χ4n) is 5.33. The first-order chi connectivity index (χ1) is 15.2. The predicted molar refractivity (Wildman–Crippen MR) is 118 cm³/mol. The Labute approximate surface area is 183 Å². The summed E-state index contributed by atoms with van der Waals surface area (Å²) in [4.78, 5) is 27.5. The zero-order valence-corrected chi connectivity index (χ0v) is 18.1. The van der Waals surface area contributed by atoms with E-state index in [1.54, 1.807) is 0 Å². The number of nitrogens with zero attached hydrogens (tertiary/aromatic N) is 4. The number of carbonyl (C=O) groups excluding carboxylic acids is 2. The number of Topliss-reactive ketones (excluding diaryl/α,β-unsaturated/α-hetero) is 1. The Balaban J connectivity index is 1.25. The Bertz CT molecular complexity index is 1000. The molecule has 3 heterocycles. The van der Waals surface area contributed by atoms with Gasteiger partial charge < -0.3 is 9.47 Å². The number of carbonyl (C=O) groups is 2. The van der Waals surface area contributed by atoms with Gasteiger partial charge in [-0.05, 0) is 43.2 Å². The number of hydrogen-bond donors (Lipinski definition) is 0. The lowest BCUT2D eigenvalue weighted by atomic mass is 9.94. The zero-order chi connectivity index (χ0) is 21.2. The minimum absolute atomic E-state index is 0.0807. The van der Waals surface area contributed by atoms with Crippen LogP contribution in [0.4, 0.5) is 0 Å².